The first-order valence-electron chi connectivity index (χ1n) is 5.47. The molecular weight excluding hydrogens is 208 g/mol. The summed E-state index contributed by atoms with van der Waals surface area (Å²) < 4.78 is 0. The van der Waals surface area contributed by atoms with Gasteiger partial charge in [-0.25, -0.2) is 0 Å². The van der Waals surface area contributed by atoms with Gasteiger partial charge in [-0.1, -0.05) is 18.5 Å². The Hall–Kier alpha value is -0.890. The second-order valence-electron chi connectivity index (χ2n) is 4.40. The average molecular weight is 225 g/mol. The third kappa shape index (κ3) is 2.37. The molecule has 2 nitrogen and oxygen atoms in total. The van der Waals surface area contributed by atoms with Crippen LogP contribution in [0.15, 0.2) is 18.2 Å². The fourth-order valence-electron chi connectivity index (χ4n) is 2.19. The molecule has 3 heteroatoms. The number of benzene rings is 1. The molecule has 1 saturated heterocycles. The molecule has 15 heavy (non-hydrogen) atoms. The SMILES string of the molecule is C[C@H]1CCCN(c2ccc(N)cc2Cl)C1. The molecular formula is C12H17ClN2. The predicted molar refractivity (Wildman–Crippen MR) is 66.5 cm³/mol. The maximum Gasteiger partial charge on any atom is 0.0660 e. The van der Waals surface area contributed by atoms with Gasteiger partial charge in [-0.3, -0.25) is 0 Å². The summed E-state index contributed by atoms with van der Waals surface area (Å²) in [6, 6.07) is 5.77. The first-order chi connectivity index (χ1) is 7.16. The van der Waals surface area contributed by atoms with Crippen LogP contribution in [0.3, 0.4) is 0 Å². The van der Waals surface area contributed by atoms with E-state index in [0.29, 0.717) is 0 Å². The van der Waals surface area contributed by atoms with E-state index < -0.39 is 0 Å². The van der Waals surface area contributed by atoms with Crippen molar-refractivity contribution >= 4 is 23.0 Å². The zero-order valence-electron chi connectivity index (χ0n) is 9.04. The lowest BCUT2D eigenvalue weighted by atomic mass is 10.00. The molecule has 0 amide bonds. The number of nitrogens with zero attached hydrogens (tertiary/aromatic N) is 1. The third-order valence-electron chi connectivity index (χ3n) is 2.97. The van der Waals surface area contributed by atoms with Crippen molar-refractivity contribution in [2.45, 2.75) is 19.8 Å². The maximum absolute atomic E-state index is 6.19. The van der Waals surface area contributed by atoms with Gasteiger partial charge >= 0.3 is 0 Å². The molecule has 0 aromatic heterocycles. The molecule has 1 aromatic carbocycles. The van der Waals surface area contributed by atoms with Gasteiger partial charge in [0.15, 0.2) is 0 Å². The Bertz CT molecular complexity index is 351. The van der Waals surface area contributed by atoms with Crippen molar-refractivity contribution in [3.63, 3.8) is 0 Å². The number of hydrogen-bond acceptors (Lipinski definition) is 2. The van der Waals surface area contributed by atoms with Crippen LogP contribution in [0.4, 0.5) is 11.4 Å². The van der Waals surface area contributed by atoms with Gasteiger partial charge in [0.05, 0.1) is 10.7 Å². The first kappa shape index (κ1) is 10.6. The molecule has 2 rings (SSSR count). The van der Waals surface area contributed by atoms with Crippen LogP contribution in [0.1, 0.15) is 19.8 Å². The van der Waals surface area contributed by atoms with Crippen molar-refractivity contribution in [2.75, 3.05) is 23.7 Å². The van der Waals surface area contributed by atoms with E-state index in [4.69, 9.17) is 17.3 Å². The van der Waals surface area contributed by atoms with Crippen LogP contribution in [-0.2, 0) is 0 Å². The molecule has 0 radical (unpaired) electrons. The number of nitrogens with two attached hydrogens (primary N) is 1. The van der Waals surface area contributed by atoms with Crippen LogP contribution in [0.5, 0.6) is 0 Å². The minimum Gasteiger partial charge on any atom is -0.399 e. The van der Waals surface area contributed by atoms with Crippen LogP contribution < -0.4 is 10.6 Å². The highest BCUT2D eigenvalue weighted by Gasteiger charge is 2.18. The van der Waals surface area contributed by atoms with Crippen molar-refractivity contribution in [3.05, 3.63) is 23.2 Å². The maximum atomic E-state index is 6.19. The monoisotopic (exact) mass is 224 g/mol. The number of rotatable bonds is 1. The van der Waals surface area contributed by atoms with E-state index in [1.807, 2.05) is 18.2 Å². The van der Waals surface area contributed by atoms with E-state index in [9.17, 15) is 0 Å². The summed E-state index contributed by atoms with van der Waals surface area (Å²) in [5, 5.41) is 0.768. The number of hydrogen-bond donors (Lipinski definition) is 1. The third-order valence-corrected chi connectivity index (χ3v) is 3.27. The Morgan fingerprint density at radius 3 is 2.93 bits per heavy atom. The highest BCUT2D eigenvalue weighted by Crippen LogP contribution is 2.30. The normalized spacial score (nSPS) is 21.7. The lowest BCUT2D eigenvalue weighted by Gasteiger charge is -2.33. The minimum absolute atomic E-state index is 0.730. The van der Waals surface area contributed by atoms with Crippen molar-refractivity contribution < 1.29 is 0 Å². The Balaban J connectivity index is 2.21. The summed E-state index contributed by atoms with van der Waals surface area (Å²) in [6.45, 7) is 4.50. The fraction of sp³-hybridized carbons (Fsp3) is 0.500. The number of nitrogen functional groups attached to an aromatic ring is 1. The predicted octanol–water partition coefficient (Wildman–Crippen LogP) is 3.16. The van der Waals surface area contributed by atoms with Gasteiger partial charge in [0.2, 0.25) is 0 Å². The number of anilines is 2. The molecule has 0 aliphatic carbocycles. The van der Waals surface area contributed by atoms with Crippen molar-refractivity contribution in [2.24, 2.45) is 5.92 Å². The molecule has 1 fully saturated rings. The standard InChI is InChI=1S/C12H17ClN2/c1-9-3-2-6-15(8-9)12-5-4-10(14)7-11(12)13/h4-5,7,9H,2-3,6,8,14H2,1H3/t9-/m0/s1. The number of piperidine rings is 1. The first-order valence-corrected chi connectivity index (χ1v) is 5.84. The lowest BCUT2D eigenvalue weighted by Crippen LogP contribution is -2.34. The summed E-state index contributed by atoms with van der Waals surface area (Å²) in [6.07, 6.45) is 2.57. The lowest BCUT2D eigenvalue weighted by molar-refractivity contribution is 0.447. The zero-order chi connectivity index (χ0) is 10.8. The summed E-state index contributed by atoms with van der Waals surface area (Å²) >= 11 is 6.19. The Labute approximate surface area is 96.0 Å². The minimum atomic E-state index is 0.730. The zero-order valence-corrected chi connectivity index (χ0v) is 9.80. The fourth-order valence-corrected chi connectivity index (χ4v) is 2.50. The molecule has 0 spiro atoms. The summed E-state index contributed by atoms with van der Waals surface area (Å²) in [5.74, 6) is 0.757. The van der Waals surface area contributed by atoms with Crippen molar-refractivity contribution in [1.82, 2.24) is 0 Å². The molecule has 0 saturated carbocycles. The molecule has 1 aliphatic heterocycles. The molecule has 1 aromatic rings. The van der Waals surface area contributed by atoms with Crippen molar-refractivity contribution in [1.29, 1.82) is 0 Å². The average Bonchev–Trinajstić information content (AvgIpc) is 2.17. The molecule has 0 bridgehead atoms. The van der Waals surface area contributed by atoms with Gasteiger partial charge in [0.1, 0.15) is 0 Å². The Morgan fingerprint density at radius 1 is 1.47 bits per heavy atom. The van der Waals surface area contributed by atoms with E-state index in [2.05, 4.69) is 11.8 Å². The smallest absolute Gasteiger partial charge is 0.0660 e. The van der Waals surface area contributed by atoms with Crippen molar-refractivity contribution in [3.8, 4) is 0 Å². The van der Waals surface area contributed by atoms with Gasteiger partial charge < -0.3 is 10.6 Å². The van der Waals surface area contributed by atoms with Crippen LogP contribution >= 0.6 is 11.6 Å². The molecule has 1 aliphatic rings. The molecule has 0 unspecified atom stereocenters. The van der Waals surface area contributed by atoms with Gasteiger partial charge in [-0.15, -0.1) is 0 Å². The highest BCUT2D eigenvalue weighted by atomic mass is 35.5. The number of halogens is 1. The summed E-state index contributed by atoms with van der Waals surface area (Å²) in [5.41, 5.74) is 7.53. The topological polar surface area (TPSA) is 29.3 Å². The van der Waals surface area contributed by atoms with E-state index in [-0.39, 0.29) is 0 Å². The van der Waals surface area contributed by atoms with Crippen LogP contribution in [0, 0.1) is 5.92 Å². The highest BCUT2D eigenvalue weighted by molar-refractivity contribution is 6.33. The Kier molecular flexibility index (Phi) is 3.06. The van der Waals surface area contributed by atoms with Crippen LogP contribution in [0.25, 0.3) is 0 Å². The quantitative estimate of drug-likeness (QED) is 0.743. The van der Waals surface area contributed by atoms with Gasteiger partial charge in [0, 0.05) is 18.8 Å². The van der Waals surface area contributed by atoms with Crippen LogP contribution in [0.2, 0.25) is 5.02 Å². The molecule has 1 heterocycles. The second-order valence-corrected chi connectivity index (χ2v) is 4.81. The largest absolute Gasteiger partial charge is 0.399 e. The van der Waals surface area contributed by atoms with Crippen LogP contribution in [-0.4, -0.2) is 13.1 Å². The van der Waals surface area contributed by atoms with Gasteiger partial charge in [-0.05, 0) is 37.0 Å². The Morgan fingerprint density at radius 2 is 2.27 bits per heavy atom. The van der Waals surface area contributed by atoms with E-state index >= 15 is 0 Å². The van der Waals surface area contributed by atoms with Gasteiger partial charge in [0.25, 0.3) is 0 Å². The van der Waals surface area contributed by atoms with E-state index in [0.717, 1.165) is 35.4 Å². The van der Waals surface area contributed by atoms with E-state index in [1.165, 1.54) is 12.8 Å². The second kappa shape index (κ2) is 4.31. The molecule has 1 atom stereocenters. The van der Waals surface area contributed by atoms with E-state index in [1.54, 1.807) is 0 Å². The molecule has 2 N–H and O–H groups in total. The molecule has 82 valence electrons. The van der Waals surface area contributed by atoms with Gasteiger partial charge in [-0.2, -0.15) is 0 Å². The summed E-state index contributed by atoms with van der Waals surface area (Å²) in [7, 11) is 0. The summed E-state index contributed by atoms with van der Waals surface area (Å²) in [4.78, 5) is 2.36.